The SMILES string of the molecule is CN1/C(=C\C=C2\CCc3ccccc3C2=O)C(C)(C)c2ccccc21. The summed E-state index contributed by atoms with van der Waals surface area (Å²) >= 11 is 0. The molecule has 2 nitrogen and oxygen atoms in total. The minimum atomic E-state index is -0.0575. The van der Waals surface area contributed by atoms with Crippen molar-refractivity contribution in [1.29, 1.82) is 0 Å². The number of anilines is 1. The lowest BCUT2D eigenvalue weighted by Crippen LogP contribution is -2.22. The fraction of sp³-hybridized carbons (Fsp3) is 0.261. The average Bonchev–Trinajstić information content (AvgIpc) is 2.82. The highest BCUT2D eigenvalue weighted by Crippen LogP contribution is 2.46. The summed E-state index contributed by atoms with van der Waals surface area (Å²) < 4.78 is 0. The van der Waals surface area contributed by atoms with E-state index in [1.807, 2.05) is 24.3 Å². The van der Waals surface area contributed by atoms with Gasteiger partial charge in [0.05, 0.1) is 0 Å². The van der Waals surface area contributed by atoms with Gasteiger partial charge in [-0.25, -0.2) is 0 Å². The lowest BCUT2D eigenvalue weighted by molar-refractivity contribution is 0.102. The molecule has 0 aromatic heterocycles. The minimum Gasteiger partial charge on any atom is -0.347 e. The van der Waals surface area contributed by atoms with Crippen LogP contribution >= 0.6 is 0 Å². The highest BCUT2D eigenvalue weighted by Gasteiger charge is 2.37. The van der Waals surface area contributed by atoms with Gasteiger partial charge in [0.25, 0.3) is 0 Å². The van der Waals surface area contributed by atoms with Gasteiger partial charge >= 0.3 is 0 Å². The van der Waals surface area contributed by atoms with Crippen molar-refractivity contribution < 1.29 is 4.79 Å². The smallest absolute Gasteiger partial charge is 0.189 e. The van der Waals surface area contributed by atoms with E-state index in [9.17, 15) is 4.79 Å². The number of aryl methyl sites for hydroxylation is 1. The van der Waals surface area contributed by atoms with Crippen molar-refractivity contribution in [2.75, 3.05) is 11.9 Å². The quantitative estimate of drug-likeness (QED) is 0.682. The number of hydrogen-bond donors (Lipinski definition) is 0. The molecule has 0 amide bonds. The normalized spacial score (nSPS) is 21.6. The fourth-order valence-electron chi connectivity index (χ4n) is 4.16. The zero-order valence-corrected chi connectivity index (χ0v) is 15.0. The van der Waals surface area contributed by atoms with Gasteiger partial charge in [-0.05, 0) is 36.1 Å². The molecular formula is C23H23NO. The monoisotopic (exact) mass is 329 g/mol. The van der Waals surface area contributed by atoms with Crippen LogP contribution in [-0.2, 0) is 11.8 Å². The highest BCUT2D eigenvalue weighted by molar-refractivity contribution is 6.10. The van der Waals surface area contributed by atoms with E-state index in [1.165, 1.54) is 22.5 Å². The molecule has 1 aliphatic heterocycles. The zero-order valence-electron chi connectivity index (χ0n) is 15.0. The summed E-state index contributed by atoms with van der Waals surface area (Å²) in [6.45, 7) is 4.50. The highest BCUT2D eigenvalue weighted by atomic mass is 16.1. The standard InChI is InChI=1S/C23H23NO/c1-23(2)19-10-6-7-11-20(19)24(3)21(23)15-14-17-13-12-16-8-4-5-9-18(16)22(17)25/h4-11,14-15H,12-13H2,1-3H3/b17-14-,21-15-. The number of nitrogens with zero attached hydrogens (tertiary/aromatic N) is 1. The molecule has 2 aliphatic rings. The molecule has 0 N–H and O–H groups in total. The van der Waals surface area contributed by atoms with Gasteiger partial charge in [-0.15, -0.1) is 0 Å². The van der Waals surface area contributed by atoms with E-state index in [0.29, 0.717) is 0 Å². The van der Waals surface area contributed by atoms with Crippen LogP contribution in [0.4, 0.5) is 5.69 Å². The number of carbonyl (C=O) groups is 1. The molecule has 0 saturated heterocycles. The number of carbonyl (C=O) groups excluding carboxylic acids is 1. The van der Waals surface area contributed by atoms with Crippen molar-refractivity contribution in [3.05, 3.63) is 88.6 Å². The fourth-order valence-corrected chi connectivity index (χ4v) is 4.16. The molecule has 2 heteroatoms. The van der Waals surface area contributed by atoms with Crippen LogP contribution in [-0.4, -0.2) is 12.8 Å². The number of Topliss-reactive ketones (excluding diaryl/α,β-unsaturated/α-hetero) is 1. The summed E-state index contributed by atoms with van der Waals surface area (Å²) in [6, 6.07) is 16.5. The maximum Gasteiger partial charge on any atom is 0.189 e. The van der Waals surface area contributed by atoms with Crippen molar-refractivity contribution in [2.45, 2.75) is 32.1 Å². The molecule has 0 radical (unpaired) electrons. The van der Waals surface area contributed by atoms with Crippen molar-refractivity contribution in [3.63, 3.8) is 0 Å². The average molecular weight is 329 g/mol. The summed E-state index contributed by atoms with van der Waals surface area (Å²) in [5, 5.41) is 0. The number of hydrogen-bond acceptors (Lipinski definition) is 2. The van der Waals surface area contributed by atoms with E-state index in [4.69, 9.17) is 0 Å². The van der Waals surface area contributed by atoms with Crippen molar-refractivity contribution >= 4 is 11.5 Å². The second-order valence-electron chi connectivity index (χ2n) is 7.43. The third kappa shape index (κ3) is 2.44. The molecule has 1 heterocycles. The molecule has 0 saturated carbocycles. The van der Waals surface area contributed by atoms with Crippen LogP contribution < -0.4 is 4.90 Å². The number of allylic oxidation sites excluding steroid dienone is 4. The van der Waals surface area contributed by atoms with Gasteiger partial charge < -0.3 is 4.90 Å². The summed E-state index contributed by atoms with van der Waals surface area (Å²) in [5.74, 6) is 0.176. The minimum absolute atomic E-state index is 0.0575. The van der Waals surface area contributed by atoms with E-state index in [0.717, 1.165) is 24.0 Å². The Kier molecular flexibility index (Phi) is 3.64. The molecule has 0 unspecified atom stereocenters. The van der Waals surface area contributed by atoms with Crippen LogP contribution in [0.15, 0.2) is 72.0 Å². The van der Waals surface area contributed by atoms with Gasteiger partial charge in [0.15, 0.2) is 5.78 Å². The number of likely N-dealkylation sites (N-methyl/N-ethyl adjacent to an activating group) is 1. The van der Waals surface area contributed by atoms with Gasteiger partial charge in [0.1, 0.15) is 0 Å². The molecule has 2 aromatic rings. The van der Waals surface area contributed by atoms with Gasteiger partial charge in [0.2, 0.25) is 0 Å². The molecule has 0 spiro atoms. The third-order valence-electron chi connectivity index (χ3n) is 5.60. The van der Waals surface area contributed by atoms with Gasteiger partial charge in [0, 0.05) is 35.0 Å². The van der Waals surface area contributed by atoms with Crippen molar-refractivity contribution in [3.8, 4) is 0 Å². The van der Waals surface area contributed by atoms with Crippen LogP contribution in [0, 0.1) is 0 Å². The Bertz CT molecular complexity index is 917. The largest absolute Gasteiger partial charge is 0.347 e. The first-order chi connectivity index (χ1) is 12.0. The van der Waals surface area contributed by atoms with Gasteiger partial charge in [-0.1, -0.05) is 62.4 Å². The first-order valence-electron chi connectivity index (χ1n) is 8.87. The summed E-state index contributed by atoms with van der Waals surface area (Å²) in [4.78, 5) is 15.0. The molecule has 1 aliphatic carbocycles. The summed E-state index contributed by atoms with van der Waals surface area (Å²) in [7, 11) is 2.11. The molecular weight excluding hydrogens is 306 g/mol. The number of fused-ring (bicyclic) bond motifs is 2. The second kappa shape index (κ2) is 5.73. The second-order valence-corrected chi connectivity index (χ2v) is 7.43. The summed E-state index contributed by atoms with van der Waals surface area (Å²) in [5.41, 5.74) is 6.70. The van der Waals surface area contributed by atoms with E-state index >= 15 is 0 Å². The first-order valence-corrected chi connectivity index (χ1v) is 8.87. The maximum atomic E-state index is 12.8. The summed E-state index contributed by atoms with van der Waals surface area (Å²) in [6.07, 6.45) is 5.94. The van der Waals surface area contributed by atoms with E-state index in [-0.39, 0.29) is 11.2 Å². The molecule has 0 fully saturated rings. The Morgan fingerprint density at radius 1 is 0.960 bits per heavy atom. The molecule has 2 aromatic carbocycles. The molecule has 126 valence electrons. The number of benzene rings is 2. The molecule has 0 bridgehead atoms. The Labute approximate surface area is 149 Å². The lowest BCUT2D eigenvalue weighted by Gasteiger charge is -2.24. The van der Waals surface area contributed by atoms with Gasteiger partial charge in [-0.2, -0.15) is 0 Å². The predicted molar refractivity (Wildman–Crippen MR) is 103 cm³/mol. The number of para-hydroxylation sites is 1. The van der Waals surface area contributed by atoms with Gasteiger partial charge in [-0.3, -0.25) is 4.79 Å². The predicted octanol–water partition coefficient (Wildman–Crippen LogP) is 5.05. The Morgan fingerprint density at radius 3 is 2.48 bits per heavy atom. The lowest BCUT2D eigenvalue weighted by atomic mass is 9.83. The van der Waals surface area contributed by atoms with E-state index in [2.05, 4.69) is 62.2 Å². The van der Waals surface area contributed by atoms with E-state index in [1.54, 1.807) is 0 Å². The van der Waals surface area contributed by atoms with Crippen LogP contribution in [0.2, 0.25) is 0 Å². The molecule has 25 heavy (non-hydrogen) atoms. The zero-order chi connectivity index (χ0) is 17.6. The maximum absolute atomic E-state index is 12.8. The Hall–Kier alpha value is -2.61. The first kappa shape index (κ1) is 15.9. The van der Waals surface area contributed by atoms with Crippen LogP contribution in [0.1, 0.15) is 41.8 Å². The van der Waals surface area contributed by atoms with Crippen LogP contribution in [0.5, 0.6) is 0 Å². The van der Waals surface area contributed by atoms with Crippen molar-refractivity contribution in [2.24, 2.45) is 0 Å². The topological polar surface area (TPSA) is 20.3 Å². The number of rotatable bonds is 1. The van der Waals surface area contributed by atoms with E-state index < -0.39 is 0 Å². The Morgan fingerprint density at radius 2 is 1.68 bits per heavy atom. The Balaban J connectivity index is 1.71. The van der Waals surface area contributed by atoms with Crippen molar-refractivity contribution in [1.82, 2.24) is 0 Å². The van der Waals surface area contributed by atoms with Crippen LogP contribution in [0.3, 0.4) is 0 Å². The molecule has 0 atom stereocenters. The number of ketones is 1. The van der Waals surface area contributed by atoms with Crippen LogP contribution in [0.25, 0.3) is 0 Å². The molecule has 4 rings (SSSR count). The third-order valence-corrected chi connectivity index (χ3v) is 5.60.